The van der Waals surface area contributed by atoms with Crippen LogP contribution in [-0.2, 0) is 6.54 Å². The van der Waals surface area contributed by atoms with Crippen LogP contribution < -0.4 is 15.8 Å². The molecule has 0 heterocycles. The molecule has 0 atom stereocenters. The highest BCUT2D eigenvalue weighted by molar-refractivity contribution is 6.04. The van der Waals surface area contributed by atoms with Crippen LogP contribution in [0.5, 0.6) is 5.75 Å². The molecule has 0 aliphatic rings. The van der Waals surface area contributed by atoms with Crippen LogP contribution in [0, 0.1) is 5.92 Å². The summed E-state index contributed by atoms with van der Waals surface area (Å²) in [4.78, 5) is 12.2. The Morgan fingerprint density at radius 2 is 1.87 bits per heavy atom. The lowest BCUT2D eigenvalue weighted by molar-refractivity contribution is 0.102. The third kappa shape index (κ3) is 5.93. The first kappa shape index (κ1) is 19.0. The maximum absolute atomic E-state index is 12.2. The van der Waals surface area contributed by atoms with E-state index in [9.17, 15) is 4.79 Å². The molecule has 0 aromatic heterocycles. The number of nitrogens with two attached hydrogens (primary N) is 1. The quantitative estimate of drug-likeness (QED) is 0.843. The lowest BCUT2D eigenvalue weighted by Crippen LogP contribution is -2.12. The van der Waals surface area contributed by atoms with Crippen LogP contribution in [0.1, 0.15) is 29.8 Å². The van der Waals surface area contributed by atoms with Crippen LogP contribution in [0.2, 0.25) is 0 Å². The Balaban J connectivity index is 0.00000264. The van der Waals surface area contributed by atoms with Crippen molar-refractivity contribution in [1.82, 2.24) is 0 Å². The minimum absolute atomic E-state index is 0. The number of carbonyl (C=O) groups excluding carboxylic acids is 1. The largest absolute Gasteiger partial charge is 0.493 e. The SMILES string of the molecule is CC(C)COc1cccc(NC(=O)c2ccc(CN)cc2)c1.Cl. The van der Waals surface area contributed by atoms with Gasteiger partial charge >= 0.3 is 0 Å². The molecule has 0 spiro atoms. The molecule has 3 N–H and O–H groups in total. The summed E-state index contributed by atoms with van der Waals surface area (Å²) in [6.45, 7) is 5.31. The first-order chi connectivity index (χ1) is 10.6. The summed E-state index contributed by atoms with van der Waals surface area (Å²) >= 11 is 0. The van der Waals surface area contributed by atoms with Gasteiger partial charge in [0.15, 0.2) is 0 Å². The number of benzene rings is 2. The highest BCUT2D eigenvalue weighted by Gasteiger charge is 2.07. The number of anilines is 1. The Labute approximate surface area is 143 Å². The number of halogens is 1. The van der Waals surface area contributed by atoms with E-state index < -0.39 is 0 Å². The molecular formula is C18H23ClN2O2. The van der Waals surface area contributed by atoms with Crippen LogP contribution in [0.4, 0.5) is 5.69 Å². The number of rotatable bonds is 6. The van der Waals surface area contributed by atoms with Crippen molar-refractivity contribution in [2.75, 3.05) is 11.9 Å². The summed E-state index contributed by atoms with van der Waals surface area (Å²) < 4.78 is 5.66. The molecule has 0 bridgehead atoms. The van der Waals surface area contributed by atoms with Gasteiger partial charge in [0.25, 0.3) is 5.91 Å². The van der Waals surface area contributed by atoms with Gasteiger partial charge in [-0.1, -0.05) is 32.0 Å². The number of hydrogen-bond donors (Lipinski definition) is 2. The van der Waals surface area contributed by atoms with Gasteiger partial charge in [-0.25, -0.2) is 0 Å². The van der Waals surface area contributed by atoms with E-state index in [0.717, 1.165) is 11.3 Å². The van der Waals surface area contributed by atoms with Gasteiger partial charge in [-0.2, -0.15) is 0 Å². The van der Waals surface area contributed by atoms with Crippen molar-refractivity contribution < 1.29 is 9.53 Å². The van der Waals surface area contributed by atoms with Gasteiger partial charge in [0.05, 0.1) is 6.61 Å². The van der Waals surface area contributed by atoms with Crippen molar-refractivity contribution in [3.05, 3.63) is 59.7 Å². The number of ether oxygens (including phenoxy) is 1. The van der Waals surface area contributed by atoms with Crippen molar-refractivity contribution in [1.29, 1.82) is 0 Å². The highest BCUT2D eigenvalue weighted by Crippen LogP contribution is 2.19. The minimum atomic E-state index is -0.149. The van der Waals surface area contributed by atoms with Gasteiger partial charge in [-0.3, -0.25) is 4.79 Å². The monoisotopic (exact) mass is 334 g/mol. The maximum Gasteiger partial charge on any atom is 0.255 e. The van der Waals surface area contributed by atoms with E-state index in [1.165, 1.54) is 0 Å². The average molecular weight is 335 g/mol. The Kier molecular flexibility index (Phi) is 7.59. The first-order valence-electron chi connectivity index (χ1n) is 7.41. The fraction of sp³-hybridized carbons (Fsp3) is 0.278. The van der Waals surface area contributed by atoms with E-state index in [-0.39, 0.29) is 18.3 Å². The van der Waals surface area contributed by atoms with E-state index in [0.29, 0.717) is 30.3 Å². The molecule has 4 nitrogen and oxygen atoms in total. The van der Waals surface area contributed by atoms with Crippen LogP contribution in [-0.4, -0.2) is 12.5 Å². The van der Waals surface area contributed by atoms with Crippen LogP contribution in [0.3, 0.4) is 0 Å². The molecule has 1 amide bonds. The van der Waals surface area contributed by atoms with E-state index in [1.54, 1.807) is 12.1 Å². The Morgan fingerprint density at radius 3 is 2.48 bits per heavy atom. The molecule has 0 unspecified atom stereocenters. The molecule has 0 aliphatic carbocycles. The topological polar surface area (TPSA) is 64.3 Å². The lowest BCUT2D eigenvalue weighted by atomic mass is 10.1. The second kappa shape index (κ2) is 9.18. The van der Waals surface area contributed by atoms with Gasteiger partial charge < -0.3 is 15.8 Å². The second-order valence-corrected chi connectivity index (χ2v) is 5.59. The van der Waals surface area contributed by atoms with E-state index in [2.05, 4.69) is 19.2 Å². The summed E-state index contributed by atoms with van der Waals surface area (Å²) in [7, 11) is 0. The van der Waals surface area contributed by atoms with Crippen LogP contribution >= 0.6 is 12.4 Å². The number of hydrogen-bond acceptors (Lipinski definition) is 3. The van der Waals surface area contributed by atoms with Gasteiger partial charge in [0.2, 0.25) is 0 Å². The van der Waals surface area contributed by atoms with Crippen molar-refractivity contribution >= 4 is 24.0 Å². The van der Waals surface area contributed by atoms with E-state index >= 15 is 0 Å². The first-order valence-corrected chi connectivity index (χ1v) is 7.41. The third-order valence-corrected chi connectivity index (χ3v) is 3.13. The molecule has 5 heteroatoms. The van der Waals surface area contributed by atoms with Gasteiger partial charge in [0, 0.05) is 23.9 Å². The second-order valence-electron chi connectivity index (χ2n) is 5.59. The summed E-state index contributed by atoms with van der Waals surface area (Å²) in [6.07, 6.45) is 0. The summed E-state index contributed by atoms with van der Waals surface area (Å²) in [5, 5.41) is 2.87. The third-order valence-electron chi connectivity index (χ3n) is 3.13. The number of carbonyl (C=O) groups is 1. The van der Waals surface area contributed by atoms with Crippen molar-refractivity contribution in [3.63, 3.8) is 0 Å². The molecule has 0 saturated heterocycles. The molecule has 0 fully saturated rings. The summed E-state index contributed by atoms with van der Waals surface area (Å²) in [6, 6.07) is 14.7. The standard InChI is InChI=1S/C18H22N2O2.ClH/c1-13(2)12-22-17-5-3-4-16(10-17)20-18(21)15-8-6-14(11-19)7-9-15;/h3-10,13H,11-12,19H2,1-2H3,(H,20,21);1H. The Bertz CT molecular complexity index is 627. The molecule has 2 aromatic rings. The molecule has 23 heavy (non-hydrogen) atoms. The van der Waals surface area contributed by atoms with E-state index in [4.69, 9.17) is 10.5 Å². The maximum atomic E-state index is 12.2. The van der Waals surface area contributed by atoms with Gasteiger partial charge in [-0.15, -0.1) is 12.4 Å². The number of nitrogens with one attached hydrogen (secondary N) is 1. The smallest absolute Gasteiger partial charge is 0.255 e. The molecule has 0 saturated carbocycles. The number of amides is 1. The molecular weight excluding hydrogens is 312 g/mol. The van der Waals surface area contributed by atoms with E-state index in [1.807, 2.05) is 36.4 Å². The summed E-state index contributed by atoms with van der Waals surface area (Å²) in [5.74, 6) is 1.06. The van der Waals surface area contributed by atoms with Crippen molar-refractivity contribution in [3.8, 4) is 5.75 Å². The molecule has 0 radical (unpaired) electrons. The normalized spacial score (nSPS) is 10.1. The van der Waals surface area contributed by atoms with Gasteiger partial charge in [-0.05, 0) is 35.7 Å². The minimum Gasteiger partial charge on any atom is -0.493 e. The fourth-order valence-corrected chi connectivity index (χ4v) is 1.92. The van der Waals surface area contributed by atoms with Crippen molar-refractivity contribution in [2.45, 2.75) is 20.4 Å². The molecule has 2 rings (SSSR count). The lowest BCUT2D eigenvalue weighted by Gasteiger charge is -2.11. The van der Waals surface area contributed by atoms with Gasteiger partial charge in [0.1, 0.15) is 5.75 Å². The Morgan fingerprint density at radius 1 is 1.17 bits per heavy atom. The fourth-order valence-electron chi connectivity index (χ4n) is 1.92. The average Bonchev–Trinajstić information content (AvgIpc) is 2.53. The molecule has 2 aromatic carbocycles. The predicted octanol–water partition coefficient (Wildman–Crippen LogP) is 3.85. The zero-order valence-corrected chi connectivity index (χ0v) is 14.2. The summed E-state index contributed by atoms with van der Waals surface area (Å²) in [5.41, 5.74) is 7.87. The predicted molar refractivity (Wildman–Crippen MR) is 96.3 cm³/mol. The zero-order valence-electron chi connectivity index (χ0n) is 13.4. The van der Waals surface area contributed by atoms with Crippen LogP contribution in [0.15, 0.2) is 48.5 Å². The highest BCUT2D eigenvalue weighted by atomic mass is 35.5. The molecule has 124 valence electrons. The Hall–Kier alpha value is -2.04. The molecule has 0 aliphatic heterocycles. The van der Waals surface area contributed by atoms with Crippen LogP contribution in [0.25, 0.3) is 0 Å². The van der Waals surface area contributed by atoms with Crippen molar-refractivity contribution in [2.24, 2.45) is 11.7 Å². The zero-order chi connectivity index (χ0) is 15.9.